The molecule has 0 unspecified atom stereocenters. The number of anilines is 2. The van der Waals surface area contributed by atoms with Crippen molar-refractivity contribution >= 4 is 27.2 Å². The van der Waals surface area contributed by atoms with Crippen LogP contribution in [0.4, 0.5) is 11.6 Å². The summed E-state index contributed by atoms with van der Waals surface area (Å²) in [6, 6.07) is 20.5. The molecule has 0 saturated carbocycles. The van der Waals surface area contributed by atoms with E-state index >= 15 is 0 Å². The number of pyridine rings is 1. The molecule has 8 heteroatoms. The van der Waals surface area contributed by atoms with Crippen LogP contribution >= 0.6 is 0 Å². The van der Waals surface area contributed by atoms with Gasteiger partial charge in [-0.2, -0.15) is 0 Å². The maximum Gasteiger partial charge on any atom is 0.227 e. The summed E-state index contributed by atoms with van der Waals surface area (Å²) in [5.74, 6) is 0.419. The molecule has 0 bridgehead atoms. The van der Waals surface area contributed by atoms with Gasteiger partial charge in [0, 0.05) is 29.3 Å². The van der Waals surface area contributed by atoms with Crippen molar-refractivity contribution in [2.75, 3.05) is 5.32 Å². The second kappa shape index (κ2) is 8.37. The summed E-state index contributed by atoms with van der Waals surface area (Å²) in [7, 11) is -3.67. The molecule has 4 rings (SSSR count). The molecule has 154 valence electrons. The van der Waals surface area contributed by atoms with Gasteiger partial charge < -0.3 is 11.1 Å². The highest BCUT2D eigenvalue weighted by atomic mass is 32.2. The third-order valence-electron chi connectivity index (χ3n) is 4.54. The SMILES string of the molecule is C=C(N)c1ccc(Nc2nccc(-c3ccc(S(=O)(=O)c4ccccn4)cc3)n2)cc1. The smallest absolute Gasteiger partial charge is 0.227 e. The summed E-state index contributed by atoms with van der Waals surface area (Å²) < 4.78 is 25.4. The van der Waals surface area contributed by atoms with E-state index in [4.69, 9.17) is 5.73 Å². The average molecular weight is 430 g/mol. The third kappa shape index (κ3) is 4.44. The number of aromatic nitrogens is 3. The molecule has 2 aromatic carbocycles. The van der Waals surface area contributed by atoms with Crippen LogP contribution in [0.15, 0.2) is 102 Å². The molecule has 0 atom stereocenters. The third-order valence-corrected chi connectivity index (χ3v) is 6.23. The molecule has 0 aliphatic heterocycles. The summed E-state index contributed by atoms with van der Waals surface area (Å²) >= 11 is 0. The monoisotopic (exact) mass is 429 g/mol. The topological polar surface area (TPSA) is 111 Å². The molecule has 0 radical (unpaired) electrons. The first-order chi connectivity index (χ1) is 14.9. The second-order valence-corrected chi connectivity index (χ2v) is 8.59. The number of rotatable bonds is 6. The van der Waals surface area contributed by atoms with Gasteiger partial charge in [-0.25, -0.2) is 23.4 Å². The first-order valence-corrected chi connectivity index (χ1v) is 10.8. The van der Waals surface area contributed by atoms with Crippen LogP contribution in [0.3, 0.4) is 0 Å². The number of nitrogens with one attached hydrogen (secondary N) is 1. The summed E-state index contributed by atoms with van der Waals surface area (Å²) in [6.07, 6.45) is 3.09. The highest BCUT2D eigenvalue weighted by molar-refractivity contribution is 7.91. The lowest BCUT2D eigenvalue weighted by atomic mass is 10.1. The summed E-state index contributed by atoms with van der Waals surface area (Å²) in [4.78, 5) is 12.9. The lowest BCUT2D eigenvalue weighted by Crippen LogP contribution is -2.04. The number of benzene rings is 2. The van der Waals surface area contributed by atoms with E-state index in [2.05, 4.69) is 26.8 Å². The van der Waals surface area contributed by atoms with Crippen LogP contribution in [-0.4, -0.2) is 23.4 Å². The van der Waals surface area contributed by atoms with Gasteiger partial charge in [0.05, 0.1) is 10.6 Å². The predicted octanol–water partition coefficient (Wildman–Crippen LogP) is 4.04. The number of nitrogens with two attached hydrogens (primary N) is 1. The Balaban J connectivity index is 1.56. The molecule has 0 spiro atoms. The minimum absolute atomic E-state index is 0.0144. The molecular formula is C23H19N5O2S. The van der Waals surface area contributed by atoms with E-state index in [0.29, 0.717) is 17.3 Å². The van der Waals surface area contributed by atoms with E-state index in [1.807, 2.05) is 24.3 Å². The van der Waals surface area contributed by atoms with Crippen molar-refractivity contribution in [3.05, 3.63) is 97.3 Å². The number of nitrogens with zero attached hydrogens (tertiary/aromatic N) is 3. The Morgan fingerprint density at radius 1 is 0.871 bits per heavy atom. The Hall–Kier alpha value is -4.04. The zero-order chi connectivity index (χ0) is 21.8. The van der Waals surface area contributed by atoms with Crippen molar-refractivity contribution in [2.45, 2.75) is 9.92 Å². The van der Waals surface area contributed by atoms with E-state index in [9.17, 15) is 8.42 Å². The van der Waals surface area contributed by atoms with Gasteiger partial charge in [0.1, 0.15) is 0 Å². The Bertz CT molecular complexity index is 1320. The van der Waals surface area contributed by atoms with Crippen molar-refractivity contribution in [1.29, 1.82) is 0 Å². The molecular weight excluding hydrogens is 410 g/mol. The first-order valence-electron chi connectivity index (χ1n) is 9.35. The van der Waals surface area contributed by atoms with Gasteiger partial charge in [-0.1, -0.05) is 36.9 Å². The molecule has 0 aliphatic carbocycles. The van der Waals surface area contributed by atoms with Gasteiger partial charge in [-0.05, 0) is 48.0 Å². The molecule has 2 aromatic heterocycles. The Kier molecular flexibility index (Phi) is 5.46. The largest absolute Gasteiger partial charge is 0.399 e. The normalized spacial score (nSPS) is 11.1. The predicted molar refractivity (Wildman–Crippen MR) is 120 cm³/mol. The fourth-order valence-electron chi connectivity index (χ4n) is 2.91. The first kappa shape index (κ1) is 20.2. The number of sulfone groups is 1. The Morgan fingerprint density at radius 3 is 2.26 bits per heavy atom. The molecule has 0 fully saturated rings. The number of hydrogen-bond donors (Lipinski definition) is 2. The van der Waals surface area contributed by atoms with E-state index in [-0.39, 0.29) is 9.92 Å². The lowest BCUT2D eigenvalue weighted by Gasteiger charge is -2.08. The summed E-state index contributed by atoms with van der Waals surface area (Å²) in [5, 5.41) is 3.15. The van der Waals surface area contributed by atoms with Crippen LogP contribution in [0.5, 0.6) is 0 Å². The van der Waals surface area contributed by atoms with Gasteiger partial charge in [-0.3, -0.25) is 0 Å². The second-order valence-electron chi connectivity index (χ2n) is 6.69. The molecule has 0 amide bonds. The van der Waals surface area contributed by atoms with Crippen molar-refractivity contribution in [1.82, 2.24) is 15.0 Å². The molecule has 7 nitrogen and oxygen atoms in total. The van der Waals surface area contributed by atoms with Crippen molar-refractivity contribution in [3.8, 4) is 11.3 Å². The van der Waals surface area contributed by atoms with Gasteiger partial charge in [0.25, 0.3) is 0 Å². The van der Waals surface area contributed by atoms with Crippen LogP contribution in [-0.2, 0) is 9.84 Å². The van der Waals surface area contributed by atoms with Gasteiger partial charge in [0.2, 0.25) is 15.8 Å². The van der Waals surface area contributed by atoms with Crippen LogP contribution in [0.25, 0.3) is 17.0 Å². The van der Waals surface area contributed by atoms with Crippen LogP contribution < -0.4 is 11.1 Å². The van der Waals surface area contributed by atoms with Gasteiger partial charge in [0.15, 0.2) is 5.03 Å². The van der Waals surface area contributed by atoms with E-state index in [0.717, 1.165) is 16.8 Å². The summed E-state index contributed by atoms with van der Waals surface area (Å²) in [5.41, 5.74) is 9.26. The minimum Gasteiger partial charge on any atom is -0.399 e. The zero-order valence-corrected chi connectivity index (χ0v) is 17.3. The highest BCUT2D eigenvalue weighted by Crippen LogP contribution is 2.24. The van der Waals surface area contributed by atoms with E-state index < -0.39 is 9.84 Å². The van der Waals surface area contributed by atoms with Crippen molar-refractivity contribution in [2.24, 2.45) is 5.73 Å². The highest BCUT2D eigenvalue weighted by Gasteiger charge is 2.18. The van der Waals surface area contributed by atoms with Gasteiger partial charge in [-0.15, -0.1) is 0 Å². The fraction of sp³-hybridized carbons (Fsp3) is 0. The molecule has 0 aliphatic rings. The van der Waals surface area contributed by atoms with E-state index in [1.54, 1.807) is 48.7 Å². The quantitative estimate of drug-likeness (QED) is 0.476. The molecule has 2 heterocycles. The van der Waals surface area contributed by atoms with Crippen LogP contribution in [0.1, 0.15) is 5.56 Å². The van der Waals surface area contributed by atoms with Crippen molar-refractivity contribution < 1.29 is 8.42 Å². The maximum absolute atomic E-state index is 12.7. The summed E-state index contributed by atoms with van der Waals surface area (Å²) in [6.45, 7) is 3.71. The van der Waals surface area contributed by atoms with Gasteiger partial charge >= 0.3 is 0 Å². The molecule has 31 heavy (non-hydrogen) atoms. The molecule has 3 N–H and O–H groups in total. The van der Waals surface area contributed by atoms with Crippen LogP contribution in [0, 0.1) is 0 Å². The standard InChI is InChI=1S/C23H19N5O2S/c1-16(24)17-5-9-19(10-6-17)27-23-26-15-13-21(28-23)18-7-11-20(12-8-18)31(29,30)22-4-2-3-14-25-22/h2-15H,1,24H2,(H,26,27,28). The minimum atomic E-state index is -3.67. The Labute approximate surface area is 180 Å². The van der Waals surface area contributed by atoms with Crippen molar-refractivity contribution in [3.63, 3.8) is 0 Å². The molecule has 0 saturated heterocycles. The number of hydrogen-bond acceptors (Lipinski definition) is 7. The lowest BCUT2D eigenvalue weighted by molar-refractivity contribution is 0.592. The molecule has 4 aromatic rings. The van der Waals surface area contributed by atoms with Crippen LogP contribution in [0.2, 0.25) is 0 Å². The van der Waals surface area contributed by atoms with E-state index in [1.165, 1.54) is 12.3 Å². The zero-order valence-electron chi connectivity index (χ0n) is 16.4. The Morgan fingerprint density at radius 2 is 1.61 bits per heavy atom. The maximum atomic E-state index is 12.7. The fourth-order valence-corrected chi connectivity index (χ4v) is 4.10. The average Bonchev–Trinajstić information content (AvgIpc) is 2.80.